The van der Waals surface area contributed by atoms with E-state index in [1.807, 2.05) is 12.1 Å². The number of halogens is 1. The zero-order valence-corrected chi connectivity index (χ0v) is 10.8. The van der Waals surface area contributed by atoms with Gasteiger partial charge < -0.3 is 10.5 Å². The van der Waals surface area contributed by atoms with Gasteiger partial charge in [0, 0.05) is 11.4 Å². The van der Waals surface area contributed by atoms with Crippen molar-refractivity contribution in [2.45, 2.75) is 38.7 Å². The highest BCUT2D eigenvalue weighted by molar-refractivity contribution is 6.30. The molecule has 2 nitrogen and oxygen atoms in total. The lowest BCUT2D eigenvalue weighted by Gasteiger charge is -2.20. The summed E-state index contributed by atoms with van der Waals surface area (Å²) in [5.74, 6) is 1.27. The lowest BCUT2D eigenvalue weighted by atomic mass is 9.95. The Morgan fingerprint density at radius 2 is 2.19 bits per heavy atom. The van der Waals surface area contributed by atoms with E-state index in [0.29, 0.717) is 6.54 Å². The van der Waals surface area contributed by atoms with Crippen molar-refractivity contribution in [1.82, 2.24) is 0 Å². The fourth-order valence-electron chi connectivity index (χ4n) is 2.19. The van der Waals surface area contributed by atoms with Crippen LogP contribution >= 0.6 is 11.6 Å². The molecule has 1 aromatic carbocycles. The molecule has 0 saturated carbocycles. The Kier molecular flexibility index (Phi) is 2.89. The predicted molar refractivity (Wildman–Crippen MR) is 67.3 cm³/mol. The summed E-state index contributed by atoms with van der Waals surface area (Å²) < 4.78 is 5.99. The van der Waals surface area contributed by atoms with Crippen LogP contribution in [0.2, 0.25) is 5.02 Å². The molecule has 1 aliphatic rings. The van der Waals surface area contributed by atoms with Crippen LogP contribution in [0.25, 0.3) is 0 Å². The van der Waals surface area contributed by atoms with Gasteiger partial charge in [-0.05, 0) is 49.6 Å². The highest BCUT2D eigenvalue weighted by Crippen LogP contribution is 2.42. The maximum atomic E-state index is 6.13. The number of benzene rings is 1. The average Bonchev–Trinajstić information content (AvgIpc) is 2.49. The summed E-state index contributed by atoms with van der Waals surface area (Å²) in [6.07, 6.45) is 0.910. The second kappa shape index (κ2) is 3.94. The van der Waals surface area contributed by atoms with Gasteiger partial charge in [0.05, 0.1) is 0 Å². The van der Waals surface area contributed by atoms with Crippen molar-refractivity contribution in [1.29, 1.82) is 0 Å². The highest BCUT2D eigenvalue weighted by Gasteiger charge is 2.32. The van der Waals surface area contributed by atoms with Crippen molar-refractivity contribution in [3.05, 3.63) is 28.3 Å². The summed E-state index contributed by atoms with van der Waals surface area (Å²) in [7, 11) is 0. The molecule has 1 aromatic rings. The van der Waals surface area contributed by atoms with Crippen molar-refractivity contribution in [2.75, 3.05) is 6.54 Å². The minimum atomic E-state index is -0.129. The summed E-state index contributed by atoms with van der Waals surface area (Å²) in [6, 6.07) is 3.97. The van der Waals surface area contributed by atoms with E-state index in [9.17, 15) is 0 Å². The van der Waals surface area contributed by atoms with Crippen molar-refractivity contribution < 1.29 is 4.74 Å². The van der Waals surface area contributed by atoms with Gasteiger partial charge in [-0.2, -0.15) is 0 Å². The number of nitrogens with two attached hydrogens (primary N) is 1. The molecular formula is C13H18ClNO. The van der Waals surface area contributed by atoms with Crippen molar-refractivity contribution in [2.24, 2.45) is 5.73 Å². The number of hydrogen-bond donors (Lipinski definition) is 1. The third kappa shape index (κ3) is 2.04. The Morgan fingerprint density at radius 1 is 1.50 bits per heavy atom. The molecule has 0 radical (unpaired) electrons. The number of ether oxygens (including phenoxy) is 1. The van der Waals surface area contributed by atoms with Crippen LogP contribution in [0.15, 0.2) is 12.1 Å². The first-order valence-electron chi connectivity index (χ1n) is 5.64. The van der Waals surface area contributed by atoms with Gasteiger partial charge in [-0.3, -0.25) is 0 Å². The van der Waals surface area contributed by atoms with Crippen LogP contribution in [0.4, 0.5) is 0 Å². The van der Waals surface area contributed by atoms with Crippen molar-refractivity contribution in [3.8, 4) is 5.75 Å². The van der Waals surface area contributed by atoms with Crippen LogP contribution in [-0.4, -0.2) is 12.1 Å². The van der Waals surface area contributed by atoms with E-state index in [1.165, 1.54) is 5.56 Å². The summed E-state index contributed by atoms with van der Waals surface area (Å²) >= 11 is 6.13. The smallest absolute Gasteiger partial charge is 0.127 e. The molecule has 0 aliphatic carbocycles. The van der Waals surface area contributed by atoms with Gasteiger partial charge in [0.15, 0.2) is 0 Å². The molecule has 0 fully saturated rings. The summed E-state index contributed by atoms with van der Waals surface area (Å²) in [6.45, 7) is 6.90. The van der Waals surface area contributed by atoms with E-state index in [4.69, 9.17) is 22.1 Å². The third-order valence-electron chi connectivity index (χ3n) is 3.04. The molecule has 2 rings (SSSR count). The van der Waals surface area contributed by atoms with Crippen LogP contribution < -0.4 is 10.5 Å². The monoisotopic (exact) mass is 239 g/mol. The molecule has 2 N–H and O–H groups in total. The second-order valence-corrected chi connectivity index (χ2v) is 5.59. The van der Waals surface area contributed by atoms with Crippen LogP contribution in [0.5, 0.6) is 5.75 Å². The van der Waals surface area contributed by atoms with E-state index in [2.05, 4.69) is 20.8 Å². The Balaban J connectivity index is 2.49. The fourth-order valence-corrected chi connectivity index (χ4v) is 2.44. The number of rotatable bonds is 2. The maximum Gasteiger partial charge on any atom is 0.127 e. The van der Waals surface area contributed by atoms with E-state index >= 15 is 0 Å². The third-order valence-corrected chi connectivity index (χ3v) is 3.26. The standard InChI is InChI=1S/C13H18ClNO/c1-8(7-15)11-5-10(14)4-9-6-13(2,3)16-12(9)11/h4-5,8H,6-7,15H2,1-3H3. The van der Waals surface area contributed by atoms with E-state index < -0.39 is 0 Å². The summed E-state index contributed by atoms with van der Waals surface area (Å²) in [5.41, 5.74) is 7.92. The van der Waals surface area contributed by atoms with Gasteiger partial charge in [-0.1, -0.05) is 18.5 Å². The SMILES string of the molecule is CC(CN)c1cc(Cl)cc2c1OC(C)(C)C2. The average molecular weight is 240 g/mol. The summed E-state index contributed by atoms with van der Waals surface area (Å²) in [5, 5.41) is 0.773. The Bertz CT molecular complexity index is 415. The molecule has 0 saturated heterocycles. The van der Waals surface area contributed by atoms with E-state index in [1.54, 1.807) is 0 Å². The molecule has 1 heterocycles. The lowest BCUT2D eigenvalue weighted by Crippen LogP contribution is -2.25. The normalized spacial score (nSPS) is 19.1. The Morgan fingerprint density at radius 3 is 2.81 bits per heavy atom. The second-order valence-electron chi connectivity index (χ2n) is 5.16. The highest BCUT2D eigenvalue weighted by atomic mass is 35.5. The topological polar surface area (TPSA) is 35.2 Å². The molecule has 3 heteroatoms. The Hall–Kier alpha value is -0.730. The fraction of sp³-hybridized carbons (Fsp3) is 0.538. The molecule has 0 bridgehead atoms. The first-order chi connectivity index (χ1) is 7.43. The predicted octanol–water partition coefficient (Wildman–Crippen LogP) is 3.12. The zero-order valence-electron chi connectivity index (χ0n) is 10.0. The lowest BCUT2D eigenvalue weighted by molar-refractivity contribution is 0.137. The van der Waals surface area contributed by atoms with Crippen LogP contribution in [-0.2, 0) is 6.42 Å². The van der Waals surface area contributed by atoms with Crippen LogP contribution in [0, 0.1) is 0 Å². The number of fused-ring (bicyclic) bond motifs is 1. The van der Waals surface area contributed by atoms with Gasteiger partial charge in [-0.25, -0.2) is 0 Å². The van der Waals surface area contributed by atoms with E-state index in [-0.39, 0.29) is 11.5 Å². The number of hydrogen-bond acceptors (Lipinski definition) is 2. The quantitative estimate of drug-likeness (QED) is 0.861. The molecule has 1 atom stereocenters. The first-order valence-corrected chi connectivity index (χ1v) is 6.02. The van der Waals surface area contributed by atoms with Crippen LogP contribution in [0.1, 0.15) is 37.8 Å². The first kappa shape index (κ1) is 11.7. The maximum absolute atomic E-state index is 6.13. The molecule has 1 aliphatic heterocycles. The summed E-state index contributed by atoms with van der Waals surface area (Å²) in [4.78, 5) is 0. The molecule has 0 spiro atoms. The van der Waals surface area contributed by atoms with Crippen molar-refractivity contribution >= 4 is 11.6 Å². The molecule has 0 amide bonds. The molecule has 16 heavy (non-hydrogen) atoms. The molecule has 0 aromatic heterocycles. The minimum absolute atomic E-state index is 0.129. The molecule has 1 unspecified atom stereocenters. The van der Waals surface area contributed by atoms with E-state index in [0.717, 1.165) is 22.8 Å². The van der Waals surface area contributed by atoms with Gasteiger partial charge in [0.1, 0.15) is 11.4 Å². The Labute approximate surface area is 102 Å². The minimum Gasteiger partial charge on any atom is -0.487 e. The van der Waals surface area contributed by atoms with Crippen LogP contribution in [0.3, 0.4) is 0 Å². The molecular weight excluding hydrogens is 222 g/mol. The molecule has 88 valence electrons. The zero-order chi connectivity index (χ0) is 11.9. The van der Waals surface area contributed by atoms with Gasteiger partial charge in [-0.15, -0.1) is 0 Å². The van der Waals surface area contributed by atoms with Gasteiger partial charge >= 0.3 is 0 Å². The van der Waals surface area contributed by atoms with Gasteiger partial charge in [0.25, 0.3) is 0 Å². The largest absolute Gasteiger partial charge is 0.487 e. The van der Waals surface area contributed by atoms with Crippen molar-refractivity contribution in [3.63, 3.8) is 0 Å². The van der Waals surface area contributed by atoms with Gasteiger partial charge in [0.2, 0.25) is 0 Å².